The Labute approximate surface area is 109 Å². The van der Waals surface area contributed by atoms with E-state index in [1.54, 1.807) is 0 Å². The number of rotatable bonds is 4. The third kappa shape index (κ3) is 3.87. The number of aliphatic hydroxyl groups excluding tert-OH is 1. The van der Waals surface area contributed by atoms with Gasteiger partial charge in [-0.3, -0.25) is 0 Å². The van der Waals surface area contributed by atoms with Crippen LogP contribution >= 0.6 is 12.4 Å². The van der Waals surface area contributed by atoms with Crippen LogP contribution in [-0.2, 0) is 0 Å². The summed E-state index contributed by atoms with van der Waals surface area (Å²) in [4.78, 5) is 0. The van der Waals surface area contributed by atoms with E-state index in [1.807, 2.05) is 32.9 Å². The molecule has 1 aromatic rings. The number of nitrogens with two attached hydrogens (primary N) is 1. The molecule has 0 aliphatic carbocycles. The molecule has 0 radical (unpaired) electrons. The van der Waals surface area contributed by atoms with Crippen molar-refractivity contribution in [3.63, 3.8) is 0 Å². The van der Waals surface area contributed by atoms with Crippen molar-refractivity contribution in [2.24, 2.45) is 5.73 Å². The highest BCUT2D eigenvalue weighted by molar-refractivity contribution is 5.85. The fraction of sp³-hybridized carbons (Fsp3) is 0.538. The third-order valence-corrected chi connectivity index (χ3v) is 2.90. The van der Waals surface area contributed by atoms with Gasteiger partial charge in [-0.25, -0.2) is 0 Å². The summed E-state index contributed by atoms with van der Waals surface area (Å²) in [6, 6.07) is 3.30. The molecule has 4 N–H and O–H groups in total. The Morgan fingerprint density at radius 3 is 2.12 bits per heavy atom. The van der Waals surface area contributed by atoms with Gasteiger partial charge in [-0.1, -0.05) is 25.5 Å². The van der Waals surface area contributed by atoms with E-state index in [1.165, 1.54) is 0 Å². The van der Waals surface area contributed by atoms with Crippen LogP contribution in [0.3, 0.4) is 0 Å². The Morgan fingerprint density at radius 1 is 1.24 bits per heavy atom. The standard InChI is InChI=1S/C13H21NO2.ClH/c1-4-5-11(15)12(14)10-6-8(2)13(16)9(3)7-10;/h6-7,11-12,15-16H,4-5,14H2,1-3H3;1H/t11-,12+;/m0./s1. The molecule has 98 valence electrons. The molecule has 2 atom stereocenters. The summed E-state index contributed by atoms with van der Waals surface area (Å²) in [5, 5.41) is 19.5. The summed E-state index contributed by atoms with van der Waals surface area (Å²) < 4.78 is 0. The van der Waals surface area contributed by atoms with Gasteiger partial charge in [0, 0.05) is 0 Å². The lowest BCUT2D eigenvalue weighted by molar-refractivity contribution is 0.134. The minimum Gasteiger partial charge on any atom is -0.507 e. The maximum absolute atomic E-state index is 9.83. The number of aryl methyl sites for hydroxylation is 2. The van der Waals surface area contributed by atoms with Gasteiger partial charge in [-0.2, -0.15) is 0 Å². The first-order chi connectivity index (χ1) is 7.47. The summed E-state index contributed by atoms with van der Waals surface area (Å²) >= 11 is 0. The lowest BCUT2D eigenvalue weighted by Gasteiger charge is -2.20. The van der Waals surface area contributed by atoms with Gasteiger partial charge in [0.25, 0.3) is 0 Å². The Balaban J connectivity index is 0.00000256. The summed E-state index contributed by atoms with van der Waals surface area (Å²) in [6.07, 6.45) is 1.08. The average molecular weight is 260 g/mol. The van der Waals surface area contributed by atoms with E-state index in [-0.39, 0.29) is 18.4 Å². The van der Waals surface area contributed by atoms with Gasteiger partial charge in [0.1, 0.15) is 5.75 Å². The SMILES string of the molecule is CCC[C@H](O)[C@H](N)c1cc(C)c(O)c(C)c1.Cl. The Hall–Kier alpha value is -0.770. The van der Waals surface area contributed by atoms with Gasteiger partial charge in [0.05, 0.1) is 12.1 Å². The molecule has 3 nitrogen and oxygen atoms in total. The highest BCUT2D eigenvalue weighted by Gasteiger charge is 2.17. The molecule has 1 aromatic carbocycles. The Kier molecular flexibility index (Phi) is 6.53. The van der Waals surface area contributed by atoms with Crippen LogP contribution in [0.5, 0.6) is 5.75 Å². The quantitative estimate of drug-likeness (QED) is 0.779. The van der Waals surface area contributed by atoms with Crippen LogP contribution in [0.25, 0.3) is 0 Å². The fourth-order valence-corrected chi connectivity index (χ4v) is 1.88. The average Bonchev–Trinajstić information content (AvgIpc) is 2.24. The molecule has 4 heteroatoms. The Bertz CT molecular complexity index is 345. The first kappa shape index (κ1) is 16.2. The van der Waals surface area contributed by atoms with E-state index in [4.69, 9.17) is 5.73 Å². The number of phenols is 1. The number of aliphatic hydroxyl groups is 1. The lowest BCUT2D eigenvalue weighted by Crippen LogP contribution is -2.26. The number of hydrogen-bond acceptors (Lipinski definition) is 3. The zero-order valence-electron chi connectivity index (χ0n) is 10.6. The highest BCUT2D eigenvalue weighted by Crippen LogP contribution is 2.27. The first-order valence-electron chi connectivity index (χ1n) is 5.71. The van der Waals surface area contributed by atoms with Crippen LogP contribution < -0.4 is 5.73 Å². The van der Waals surface area contributed by atoms with Crippen molar-refractivity contribution in [3.8, 4) is 5.75 Å². The van der Waals surface area contributed by atoms with E-state index in [9.17, 15) is 10.2 Å². The van der Waals surface area contributed by atoms with E-state index in [0.717, 1.165) is 23.1 Å². The second kappa shape index (κ2) is 6.84. The smallest absolute Gasteiger partial charge is 0.121 e. The zero-order chi connectivity index (χ0) is 12.3. The van der Waals surface area contributed by atoms with Gasteiger partial charge >= 0.3 is 0 Å². The van der Waals surface area contributed by atoms with E-state index >= 15 is 0 Å². The molecule has 0 saturated heterocycles. The fourth-order valence-electron chi connectivity index (χ4n) is 1.88. The number of halogens is 1. The molecular weight excluding hydrogens is 238 g/mol. The van der Waals surface area contributed by atoms with E-state index < -0.39 is 6.10 Å². The third-order valence-electron chi connectivity index (χ3n) is 2.90. The molecule has 0 aromatic heterocycles. The molecule has 0 aliphatic rings. The van der Waals surface area contributed by atoms with Crippen LogP contribution in [0.2, 0.25) is 0 Å². The summed E-state index contributed by atoms with van der Waals surface area (Å²) in [5.74, 6) is 0.306. The summed E-state index contributed by atoms with van der Waals surface area (Å²) in [6.45, 7) is 5.69. The van der Waals surface area contributed by atoms with Crippen molar-refractivity contribution in [1.82, 2.24) is 0 Å². The maximum Gasteiger partial charge on any atom is 0.121 e. The van der Waals surface area contributed by atoms with E-state index in [0.29, 0.717) is 12.2 Å². The van der Waals surface area contributed by atoms with Crippen LogP contribution in [0.1, 0.15) is 42.5 Å². The first-order valence-corrected chi connectivity index (χ1v) is 5.71. The van der Waals surface area contributed by atoms with Crippen molar-refractivity contribution < 1.29 is 10.2 Å². The molecule has 0 aliphatic heterocycles. The van der Waals surface area contributed by atoms with E-state index in [2.05, 4.69) is 0 Å². The maximum atomic E-state index is 9.83. The number of hydrogen-bond donors (Lipinski definition) is 3. The van der Waals surface area contributed by atoms with Gasteiger partial charge in [0.2, 0.25) is 0 Å². The molecule has 0 amide bonds. The Morgan fingerprint density at radius 2 is 1.71 bits per heavy atom. The molecule has 0 fully saturated rings. The van der Waals surface area contributed by atoms with Crippen molar-refractivity contribution >= 4 is 12.4 Å². The zero-order valence-corrected chi connectivity index (χ0v) is 11.4. The molecule has 0 heterocycles. The largest absolute Gasteiger partial charge is 0.507 e. The number of benzene rings is 1. The predicted octanol–water partition coefficient (Wildman–Crippen LogP) is 2.59. The van der Waals surface area contributed by atoms with Crippen LogP contribution in [0.15, 0.2) is 12.1 Å². The molecule has 0 saturated carbocycles. The molecule has 1 rings (SSSR count). The molecule has 17 heavy (non-hydrogen) atoms. The lowest BCUT2D eigenvalue weighted by atomic mass is 9.95. The van der Waals surface area contributed by atoms with Crippen molar-refractivity contribution in [2.75, 3.05) is 0 Å². The molecule has 0 spiro atoms. The summed E-state index contributed by atoms with van der Waals surface area (Å²) in [5.41, 5.74) is 8.46. The predicted molar refractivity (Wildman–Crippen MR) is 72.7 cm³/mol. The summed E-state index contributed by atoms with van der Waals surface area (Å²) in [7, 11) is 0. The highest BCUT2D eigenvalue weighted by atomic mass is 35.5. The molecule has 0 bridgehead atoms. The second-order valence-electron chi connectivity index (χ2n) is 4.39. The minimum absolute atomic E-state index is 0. The topological polar surface area (TPSA) is 66.5 Å². The van der Waals surface area contributed by atoms with Crippen molar-refractivity contribution in [2.45, 2.75) is 45.8 Å². The second-order valence-corrected chi connectivity index (χ2v) is 4.39. The number of aromatic hydroxyl groups is 1. The number of phenolic OH excluding ortho intramolecular Hbond substituents is 1. The van der Waals surface area contributed by atoms with Crippen LogP contribution in [0, 0.1) is 13.8 Å². The van der Waals surface area contributed by atoms with Gasteiger partial charge < -0.3 is 15.9 Å². The monoisotopic (exact) mass is 259 g/mol. The van der Waals surface area contributed by atoms with Gasteiger partial charge in [0.15, 0.2) is 0 Å². The minimum atomic E-state index is -0.520. The van der Waals surface area contributed by atoms with Crippen LogP contribution in [-0.4, -0.2) is 16.3 Å². The molecule has 0 unspecified atom stereocenters. The van der Waals surface area contributed by atoms with Crippen molar-refractivity contribution in [3.05, 3.63) is 28.8 Å². The van der Waals surface area contributed by atoms with Gasteiger partial charge in [-0.15, -0.1) is 12.4 Å². The van der Waals surface area contributed by atoms with Crippen molar-refractivity contribution in [1.29, 1.82) is 0 Å². The van der Waals surface area contributed by atoms with Gasteiger partial charge in [-0.05, 0) is 37.0 Å². The molecular formula is C13H22ClNO2. The normalized spacial score (nSPS) is 13.9. The van der Waals surface area contributed by atoms with Crippen LogP contribution in [0.4, 0.5) is 0 Å².